The number of rotatable bonds is 2. The van der Waals surface area contributed by atoms with Crippen LogP contribution in [0.1, 0.15) is 32.1 Å². The number of aliphatic hydroxyl groups excluding tert-OH is 1. The highest BCUT2D eigenvalue weighted by molar-refractivity contribution is 4.97. The van der Waals surface area contributed by atoms with Crippen LogP contribution in [0.5, 0.6) is 0 Å². The van der Waals surface area contributed by atoms with Crippen LogP contribution in [0.2, 0.25) is 0 Å². The smallest absolute Gasteiger partial charge is 0.0611 e. The molecule has 2 aliphatic rings. The Bertz CT molecular complexity index is 180. The summed E-state index contributed by atoms with van der Waals surface area (Å²) in [5, 5.41) is 9.14. The van der Waals surface area contributed by atoms with Gasteiger partial charge in [-0.2, -0.15) is 0 Å². The third-order valence-corrected chi connectivity index (χ3v) is 3.59. The van der Waals surface area contributed by atoms with E-state index in [9.17, 15) is 0 Å². The fourth-order valence-electron chi connectivity index (χ4n) is 2.69. The first kappa shape index (κ1) is 9.44. The fraction of sp³-hybridized carbons (Fsp3) is 1.00. The summed E-state index contributed by atoms with van der Waals surface area (Å²) in [6, 6.07) is 0.652. The molecule has 2 atom stereocenters. The van der Waals surface area contributed by atoms with Crippen molar-refractivity contribution < 1.29 is 5.11 Å². The molecular weight excluding hydrogens is 164 g/mol. The van der Waals surface area contributed by atoms with Gasteiger partial charge in [-0.25, -0.2) is 0 Å². The monoisotopic (exact) mass is 184 g/mol. The average Bonchev–Trinajstić information content (AvgIpc) is 2.73. The molecule has 2 rings (SSSR count). The minimum Gasteiger partial charge on any atom is -0.394 e. The van der Waals surface area contributed by atoms with Crippen LogP contribution in [-0.2, 0) is 0 Å². The molecule has 1 aliphatic heterocycles. The fourth-order valence-corrected chi connectivity index (χ4v) is 2.69. The lowest BCUT2D eigenvalue weighted by atomic mass is 10.0. The van der Waals surface area contributed by atoms with Crippen LogP contribution in [-0.4, -0.2) is 41.3 Å². The molecule has 3 heteroatoms. The van der Waals surface area contributed by atoms with Crippen molar-refractivity contribution in [1.29, 1.82) is 0 Å². The zero-order valence-corrected chi connectivity index (χ0v) is 8.21. The number of hydrogen-bond acceptors (Lipinski definition) is 3. The molecule has 1 saturated carbocycles. The van der Waals surface area contributed by atoms with Crippen molar-refractivity contribution >= 4 is 0 Å². The van der Waals surface area contributed by atoms with Gasteiger partial charge in [0.05, 0.1) is 6.61 Å². The molecule has 1 heterocycles. The van der Waals surface area contributed by atoms with Crippen molar-refractivity contribution in [1.82, 2.24) is 4.90 Å². The summed E-state index contributed by atoms with van der Waals surface area (Å²) in [7, 11) is 0. The molecule has 1 aliphatic carbocycles. The summed E-state index contributed by atoms with van der Waals surface area (Å²) in [4.78, 5) is 2.55. The van der Waals surface area contributed by atoms with E-state index in [0.29, 0.717) is 6.04 Å². The molecule has 2 unspecified atom stereocenters. The van der Waals surface area contributed by atoms with E-state index >= 15 is 0 Å². The van der Waals surface area contributed by atoms with Crippen LogP contribution in [0.25, 0.3) is 0 Å². The maximum absolute atomic E-state index is 9.14. The number of hydrogen-bond donors (Lipinski definition) is 2. The van der Waals surface area contributed by atoms with E-state index in [1.165, 1.54) is 32.4 Å². The zero-order chi connectivity index (χ0) is 9.31. The molecule has 0 bridgehead atoms. The van der Waals surface area contributed by atoms with Gasteiger partial charge in [0.15, 0.2) is 0 Å². The van der Waals surface area contributed by atoms with Gasteiger partial charge in [0, 0.05) is 11.6 Å². The summed E-state index contributed by atoms with van der Waals surface area (Å²) < 4.78 is 0. The Morgan fingerprint density at radius 1 is 1.38 bits per heavy atom. The van der Waals surface area contributed by atoms with Gasteiger partial charge in [-0.1, -0.05) is 0 Å². The molecule has 3 nitrogen and oxygen atoms in total. The summed E-state index contributed by atoms with van der Waals surface area (Å²) in [5.74, 6) is 0. The Morgan fingerprint density at radius 3 is 2.62 bits per heavy atom. The second kappa shape index (κ2) is 3.56. The standard InChI is InChI=1S/C10H20N2O/c11-10(8-13)4-3-9(7-10)12-5-1-2-6-12/h9,13H,1-8,11H2. The van der Waals surface area contributed by atoms with E-state index in [4.69, 9.17) is 10.8 Å². The first-order chi connectivity index (χ1) is 6.23. The van der Waals surface area contributed by atoms with Gasteiger partial charge < -0.3 is 15.7 Å². The van der Waals surface area contributed by atoms with Crippen LogP contribution in [0.3, 0.4) is 0 Å². The van der Waals surface area contributed by atoms with Crippen LogP contribution < -0.4 is 5.73 Å². The summed E-state index contributed by atoms with van der Waals surface area (Å²) >= 11 is 0. The normalized spacial score (nSPS) is 41.5. The summed E-state index contributed by atoms with van der Waals surface area (Å²) in [5.41, 5.74) is 5.77. The number of nitrogens with zero attached hydrogens (tertiary/aromatic N) is 1. The Hall–Kier alpha value is -0.120. The van der Waals surface area contributed by atoms with Crippen molar-refractivity contribution in [2.45, 2.75) is 43.7 Å². The van der Waals surface area contributed by atoms with E-state index in [2.05, 4.69) is 4.90 Å². The quantitative estimate of drug-likeness (QED) is 0.650. The minimum absolute atomic E-state index is 0.150. The lowest BCUT2D eigenvalue weighted by molar-refractivity contribution is 0.180. The van der Waals surface area contributed by atoms with Crippen LogP contribution >= 0.6 is 0 Å². The van der Waals surface area contributed by atoms with Gasteiger partial charge >= 0.3 is 0 Å². The topological polar surface area (TPSA) is 49.5 Å². The highest BCUT2D eigenvalue weighted by Crippen LogP contribution is 2.32. The molecule has 0 aromatic carbocycles. The second-order valence-corrected chi connectivity index (χ2v) is 4.66. The Balaban J connectivity index is 1.90. The molecule has 0 aromatic rings. The predicted molar refractivity (Wildman–Crippen MR) is 52.5 cm³/mol. The summed E-state index contributed by atoms with van der Waals surface area (Å²) in [6.07, 6.45) is 5.84. The second-order valence-electron chi connectivity index (χ2n) is 4.66. The van der Waals surface area contributed by atoms with E-state index < -0.39 is 0 Å². The van der Waals surface area contributed by atoms with E-state index in [0.717, 1.165) is 12.8 Å². The van der Waals surface area contributed by atoms with Crippen LogP contribution in [0, 0.1) is 0 Å². The lowest BCUT2D eigenvalue weighted by Gasteiger charge is -2.26. The largest absolute Gasteiger partial charge is 0.394 e. The molecule has 0 spiro atoms. The van der Waals surface area contributed by atoms with Gasteiger partial charge in [0.25, 0.3) is 0 Å². The third kappa shape index (κ3) is 1.87. The van der Waals surface area contributed by atoms with Gasteiger partial charge in [0.1, 0.15) is 0 Å². The molecule has 0 radical (unpaired) electrons. The lowest BCUT2D eigenvalue weighted by Crippen LogP contribution is -2.43. The average molecular weight is 184 g/mol. The third-order valence-electron chi connectivity index (χ3n) is 3.59. The Labute approximate surface area is 79.9 Å². The van der Waals surface area contributed by atoms with E-state index in [1.54, 1.807) is 0 Å². The molecular formula is C10H20N2O. The first-order valence-electron chi connectivity index (χ1n) is 5.37. The van der Waals surface area contributed by atoms with Crippen molar-refractivity contribution in [2.75, 3.05) is 19.7 Å². The van der Waals surface area contributed by atoms with Crippen LogP contribution in [0.4, 0.5) is 0 Å². The van der Waals surface area contributed by atoms with Gasteiger partial charge in [-0.3, -0.25) is 0 Å². The first-order valence-corrected chi connectivity index (χ1v) is 5.37. The predicted octanol–water partition coefficient (Wildman–Crippen LogP) is 0.324. The van der Waals surface area contributed by atoms with E-state index in [-0.39, 0.29) is 12.1 Å². The van der Waals surface area contributed by atoms with E-state index in [1.807, 2.05) is 0 Å². The van der Waals surface area contributed by atoms with Gasteiger partial charge in [-0.05, 0) is 45.2 Å². The summed E-state index contributed by atoms with van der Waals surface area (Å²) in [6.45, 7) is 2.63. The number of likely N-dealkylation sites (tertiary alicyclic amines) is 1. The maximum Gasteiger partial charge on any atom is 0.0611 e. The maximum atomic E-state index is 9.14. The molecule has 13 heavy (non-hydrogen) atoms. The molecule has 3 N–H and O–H groups in total. The molecule has 2 fully saturated rings. The highest BCUT2D eigenvalue weighted by Gasteiger charge is 2.38. The SMILES string of the molecule is NC1(CO)CCC(N2CCCC2)C1. The van der Waals surface area contributed by atoms with Crippen molar-refractivity contribution in [3.63, 3.8) is 0 Å². The number of aliphatic hydroxyl groups is 1. The van der Waals surface area contributed by atoms with Crippen LogP contribution in [0.15, 0.2) is 0 Å². The number of nitrogens with two attached hydrogens (primary N) is 1. The zero-order valence-electron chi connectivity index (χ0n) is 8.21. The molecule has 76 valence electrons. The van der Waals surface area contributed by atoms with Crippen molar-refractivity contribution in [3.8, 4) is 0 Å². The highest BCUT2D eigenvalue weighted by atomic mass is 16.3. The van der Waals surface area contributed by atoms with Crippen molar-refractivity contribution in [3.05, 3.63) is 0 Å². The molecule has 0 amide bonds. The Morgan fingerprint density at radius 2 is 2.08 bits per heavy atom. The van der Waals surface area contributed by atoms with Gasteiger partial charge in [-0.15, -0.1) is 0 Å². The molecule has 0 aromatic heterocycles. The Kier molecular flexibility index (Phi) is 2.58. The molecule has 1 saturated heterocycles. The van der Waals surface area contributed by atoms with Gasteiger partial charge in [0.2, 0.25) is 0 Å². The minimum atomic E-state index is -0.271. The van der Waals surface area contributed by atoms with Crippen molar-refractivity contribution in [2.24, 2.45) is 5.73 Å².